The van der Waals surface area contributed by atoms with E-state index in [1.165, 1.54) is 18.4 Å². The van der Waals surface area contributed by atoms with Crippen LogP contribution < -0.4 is 0 Å². The van der Waals surface area contributed by atoms with Gasteiger partial charge in [0.25, 0.3) is 0 Å². The zero-order valence-corrected chi connectivity index (χ0v) is 15.7. The van der Waals surface area contributed by atoms with Gasteiger partial charge in [-0.15, -0.1) is 0 Å². The summed E-state index contributed by atoms with van der Waals surface area (Å²) in [6, 6.07) is 16.9. The lowest BCUT2D eigenvalue weighted by molar-refractivity contribution is -0.0174. The summed E-state index contributed by atoms with van der Waals surface area (Å²) in [7, 11) is 0. The predicted molar refractivity (Wildman–Crippen MR) is 106 cm³/mol. The van der Waals surface area contributed by atoms with Crippen LogP contribution in [0, 0.1) is 5.92 Å². The van der Waals surface area contributed by atoms with E-state index in [1.54, 1.807) is 6.07 Å². The molecule has 27 heavy (non-hydrogen) atoms. The van der Waals surface area contributed by atoms with Crippen molar-refractivity contribution >= 4 is 5.78 Å². The lowest BCUT2D eigenvalue weighted by Gasteiger charge is -2.58. The van der Waals surface area contributed by atoms with E-state index in [9.17, 15) is 9.90 Å². The molecule has 2 aromatic rings. The van der Waals surface area contributed by atoms with E-state index in [0.717, 1.165) is 37.9 Å². The van der Waals surface area contributed by atoms with Crippen LogP contribution >= 0.6 is 0 Å². The Balaban J connectivity index is 1.45. The van der Waals surface area contributed by atoms with Crippen molar-refractivity contribution in [2.24, 2.45) is 5.92 Å². The molecule has 5 rings (SSSR count). The fourth-order valence-corrected chi connectivity index (χ4v) is 6.18. The molecule has 0 radical (unpaired) electrons. The van der Waals surface area contributed by atoms with Crippen LogP contribution in [0.1, 0.15) is 53.6 Å². The molecule has 2 fully saturated rings. The molecule has 2 aromatic carbocycles. The molecule has 3 nitrogen and oxygen atoms in total. The van der Waals surface area contributed by atoms with Crippen molar-refractivity contribution in [3.05, 3.63) is 65.2 Å². The van der Waals surface area contributed by atoms with Crippen LogP contribution in [0.25, 0.3) is 0 Å². The zero-order chi connectivity index (χ0) is 18.4. The minimum absolute atomic E-state index is 0.0914. The number of carbonyl (C=O) groups excluding carboxylic acids is 1. The highest BCUT2D eigenvalue weighted by Crippen LogP contribution is 2.56. The van der Waals surface area contributed by atoms with Gasteiger partial charge in [0.1, 0.15) is 5.75 Å². The number of carbonyl (C=O) groups is 1. The maximum atomic E-state index is 12.9. The van der Waals surface area contributed by atoms with Gasteiger partial charge in [-0.3, -0.25) is 9.69 Å². The lowest BCUT2D eigenvalue weighted by atomic mass is 9.52. The number of hydrogen-bond acceptors (Lipinski definition) is 3. The Kier molecular flexibility index (Phi) is 4.08. The minimum atomic E-state index is 0.0914. The Morgan fingerprint density at radius 1 is 1.07 bits per heavy atom. The average molecular weight is 361 g/mol. The average Bonchev–Trinajstić information content (AvgIpc) is 2.68. The van der Waals surface area contributed by atoms with Crippen LogP contribution in [0.15, 0.2) is 48.5 Å². The second kappa shape index (κ2) is 6.49. The molecular formula is C24H27NO2. The summed E-state index contributed by atoms with van der Waals surface area (Å²) in [4.78, 5) is 15.5. The number of nitrogens with zero attached hydrogens (tertiary/aromatic N) is 1. The van der Waals surface area contributed by atoms with Gasteiger partial charge in [-0.2, -0.15) is 0 Å². The van der Waals surface area contributed by atoms with Crippen molar-refractivity contribution in [2.75, 3.05) is 13.1 Å². The zero-order valence-electron chi connectivity index (χ0n) is 15.7. The van der Waals surface area contributed by atoms with E-state index in [1.807, 2.05) is 6.07 Å². The molecule has 0 unspecified atom stereocenters. The molecule has 3 aliphatic rings. The van der Waals surface area contributed by atoms with Crippen molar-refractivity contribution in [3.63, 3.8) is 0 Å². The van der Waals surface area contributed by atoms with Crippen molar-refractivity contribution in [2.45, 2.75) is 50.0 Å². The molecule has 0 aromatic heterocycles. The van der Waals surface area contributed by atoms with Crippen molar-refractivity contribution in [1.29, 1.82) is 0 Å². The molecule has 140 valence electrons. The normalized spacial score (nSPS) is 29.9. The van der Waals surface area contributed by atoms with Gasteiger partial charge in [-0.25, -0.2) is 0 Å². The summed E-state index contributed by atoms with van der Waals surface area (Å²) in [6.45, 7) is 2.17. The Bertz CT molecular complexity index is 862. The molecule has 0 amide bonds. The van der Waals surface area contributed by atoms with Crippen LogP contribution in [-0.2, 0) is 11.8 Å². The van der Waals surface area contributed by atoms with Crippen LogP contribution in [-0.4, -0.2) is 34.9 Å². The predicted octanol–water partition coefficient (Wildman–Crippen LogP) is 4.33. The standard InChI is InChI=1S/C24H27NO2/c26-21-10-4-8-18-23(21)22(27)16-19-20-9-5-12-24(18,19)13-15-25(20)14-11-17-6-2-1-3-7-17/h1-4,6-8,10,19-20,26H,5,9,11-16H2/t19-,20+,24+/m1/s1. The number of Topliss-reactive ketones (excluding diaryl/α,β-unsaturated/α-hetero) is 1. The Labute approximate surface area is 161 Å². The number of aromatic hydroxyl groups is 1. The number of piperidine rings is 1. The summed E-state index contributed by atoms with van der Waals surface area (Å²) < 4.78 is 0. The third kappa shape index (κ3) is 2.63. The Morgan fingerprint density at radius 2 is 1.93 bits per heavy atom. The van der Waals surface area contributed by atoms with Crippen molar-refractivity contribution in [3.8, 4) is 5.75 Å². The molecule has 3 atom stereocenters. The van der Waals surface area contributed by atoms with E-state index in [2.05, 4.69) is 41.3 Å². The van der Waals surface area contributed by atoms with E-state index >= 15 is 0 Å². The van der Waals surface area contributed by atoms with Crippen LogP contribution in [0.2, 0.25) is 0 Å². The minimum Gasteiger partial charge on any atom is -0.507 e. The fraction of sp³-hybridized carbons (Fsp3) is 0.458. The SMILES string of the molecule is O=C1C[C@@H]2[C@@H]3CCC[C@]2(CCN3CCc2ccccc2)c2cccc(O)c21. The Morgan fingerprint density at radius 3 is 2.78 bits per heavy atom. The third-order valence-corrected chi connectivity index (χ3v) is 7.40. The first kappa shape index (κ1) is 17.0. The second-order valence-corrected chi connectivity index (χ2v) is 8.57. The second-order valence-electron chi connectivity index (χ2n) is 8.57. The number of hydrogen-bond donors (Lipinski definition) is 1. The molecule has 1 saturated heterocycles. The van der Waals surface area contributed by atoms with Gasteiger partial charge in [0.15, 0.2) is 5.78 Å². The Hall–Kier alpha value is -2.13. The molecule has 0 spiro atoms. The van der Waals surface area contributed by atoms with Crippen LogP contribution in [0.3, 0.4) is 0 Å². The fourth-order valence-electron chi connectivity index (χ4n) is 6.18. The summed E-state index contributed by atoms with van der Waals surface area (Å²) in [5.74, 6) is 0.720. The number of likely N-dealkylation sites (tertiary alicyclic amines) is 1. The summed E-state index contributed by atoms with van der Waals surface area (Å²) in [5, 5.41) is 10.3. The van der Waals surface area contributed by atoms with Crippen LogP contribution in [0.4, 0.5) is 0 Å². The molecule has 1 saturated carbocycles. The van der Waals surface area contributed by atoms with E-state index < -0.39 is 0 Å². The topological polar surface area (TPSA) is 40.5 Å². The first-order valence-electron chi connectivity index (χ1n) is 10.3. The molecule has 3 heteroatoms. The van der Waals surface area contributed by atoms with E-state index in [0.29, 0.717) is 23.9 Å². The molecular weight excluding hydrogens is 334 g/mol. The first-order chi connectivity index (χ1) is 13.2. The maximum absolute atomic E-state index is 12.9. The van der Waals surface area contributed by atoms with Gasteiger partial charge in [0, 0.05) is 24.4 Å². The largest absolute Gasteiger partial charge is 0.507 e. The molecule has 2 aliphatic carbocycles. The van der Waals surface area contributed by atoms with Gasteiger partial charge in [0.05, 0.1) is 5.56 Å². The number of phenolic OH excluding ortho intramolecular Hbond substituents is 1. The van der Waals surface area contributed by atoms with Crippen LogP contribution in [0.5, 0.6) is 5.75 Å². The molecule has 1 N–H and O–H groups in total. The van der Waals surface area contributed by atoms with E-state index in [4.69, 9.17) is 0 Å². The lowest BCUT2D eigenvalue weighted by Crippen LogP contribution is -2.61. The van der Waals surface area contributed by atoms with Crippen molar-refractivity contribution in [1.82, 2.24) is 4.90 Å². The number of fused-ring (bicyclic) bond motifs is 1. The summed E-state index contributed by atoms with van der Waals surface area (Å²) >= 11 is 0. The van der Waals surface area contributed by atoms with Gasteiger partial charge in [0.2, 0.25) is 0 Å². The number of phenols is 1. The van der Waals surface area contributed by atoms with Gasteiger partial charge in [-0.1, -0.05) is 48.9 Å². The first-order valence-corrected chi connectivity index (χ1v) is 10.3. The highest BCUT2D eigenvalue weighted by atomic mass is 16.3. The quantitative estimate of drug-likeness (QED) is 0.884. The third-order valence-electron chi connectivity index (χ3n) is 7.40. The van der Waals surface area contributed by atoms with E-state index in [-0.39, 0.29) is 16.9 Å². The molecule has 1 aliphatic heterocycles. The highest BCUT2D eigenvalue weighted by molar-refractivity contribution is 6.02. The number of benzene rings is 2. The summed E-state index contributed by atoms with van der Waals surface area (Å²) in [5.41, 5.74) is 3.23. The van der Waals surface area contributed by atoms with Crippen molar-refractivity contribution < 1.29 is 9.90 Å². The molecule has 2 bridgehead atoms. The number of ketones is 1. The van der Waals surface area contributed by atoms with Gasteiger partial charge >= 0.3 is 0 Å². The van der Waals surface area contributed by atoms with Gasteiger partial charge < -0.3 is 5.11 Å². The molecule has 1 heterocycles. The summed E-state index contributed by atoms with van der Waals surface area (Å²) in [6.07, 6.45) is 6.34. The number of rotatable bonds is 3. The van der Waals surface area contributed by atoms with Gasteiger partial charge in [-0.05, 0) is 55.3 Å². The maximum Gasteiger partial charge on any atom is 0.167 e. The smallest absolute Gasteiger partial charge is 0.167 e. The highest BCUT2D eigenvalue weighted by Gasteiger charge is 2.55. The monoisotopic (exact) mass is 361 g/mol.